The Morgan fingerprint density at radius 1 is 1.08 bits per heavy atom. The van der Waals surface area contributed by atoms with Crippen LogP contribution in [0.2, 0.25) is 0 Å². The van der Waals surface area contributed by atoms with E-state index in [0.29, 0.717) is 45.1 Å². The molecule has 2 aromatic carbocycles. The Hall–Kier alpha value is -4.92. The van der Waals surface area contributed by atoms with Crippen LogP contribution in [0, 0.1) is 12.7 Å². The van der Waals surface area contributed by atoms with Gasteiger partial charge in [-0.15, -0.1) is 0 Å². The van der Waals surface area contributed by atoms with Gasteiger partial charge in [-0.3, -0.25) is 4.79 Å². The third-order valence-corrected chi connectivity index (χ3v) is 6.34. The van der Waals surface area contributed by atoms with Crippen molar-refractivity contribution in [2.24, 2.45) is 7.05 Å². The van der Waals surface area contributed by atoms with E-state index in [1.807, 2.05) is 36.7 Å². The number of carbonyl (C=O) groups excluding carboxylic acids is 1. The van der Waals surface area contributed by atoms with Gasteiger partial charge in [-0.1, -0.05) is 30.8 Å². The summed E-state index contributed by atoms with van der Waals surface area (Å²) in [4.78, 5) is 29.3. The third kappa shape index (κ3) is 4.61. The number of fused-ring (bicyclic) bond motifs is 1. The fourth-order valence-corrected chi connectivity index (χ4v) is 4.45. The highest BCUT2D eigenvalue weighted by Gasteiger charge is 2.22. The van der Waals surface area contributed by atoms with E-state index in [2.05, 4.69) is 31.8 Å². The molecule has 38 heavy (non-hydrogen) atoms. The summed E-state index contributed by atoms with van der Waals surface area (Å²) in [6, 6.07) is 14.3. The molecule has 0 unspecified atom stereocenters. The molecule has 0 fully saturated rings. The number of aryl methyl sites for hydroxylation is 2. The monoisotopic (exact) mass is 507 g/mol. The predicted molar refractivity (Wildman–Crippen MR) is 147 cm³/mol. The zero-order valence-electron chi connectivity index (χ0n) is 21.3. The van der Waals surface area contributed by atoms with Crippen LogP contribution in [0.15, 0.2) is 73.2 Å². The standard InChI is InChI=1S/C29H26FN7O/c1-16(2)29(38)36-21-9-7-18(8-10-21)26-24(25-27(31)33-15-34-28(25)37(26)4)20-6-5-19(22(30)13-20)14-23-32-12-11-17(3)35-23/h5-13,15H,1,14H2,2-4H3,(H,36,38)(H2,31,33,34). The summed E-state index contributed by atoms with van der Waals surface area (Å²) in [7, 11) is 1.88. The first kappa shape index (κ1) is 24.8. The lowest BCUT2D eigenvalue weighted by Gasteiger charge is -2.12. The number of benzene rings is 2. The number of nitrogens with two attached hydrogens (primary N) is 1. The topological polar surface area (TPSA) is 112 Å². The molecule has 0 spiro atoms. The quantitative estimate of drug-likeness (QED) is 0.305. The van der Waals surface area contributed by atoms with Crippen LogP contribution in [-0.4, -0.2) is 30.4 Å². The lowest BCUT2D eigenvalue weighted by atomic mass is 9.97. The maximum Gasteiger partial charge on any atom is 0.250 e. The van der Waals surface area contributed by atoms with Gasteiger partial charge < -0.3 is 15.6 Å². The molecule has 9 heteroatoms. The molecule has 8 nitrogen and oxygen atoms in total. The lowest BCUT2D eigenvalue weighted by molar-refractivity contribution is -0.112. The van der Waals surface area contributed by atoms with Crippen LogP contribution in [0.1, 0.15) is 24.0 Å². The molecule has 0 aliphatic rings. The Morgan fingerprint density at radius 2 is 1.82 bits per heavy atom. The van der Waals surface area contributed by atoms with Gasteiger partial charge in [-0.2, -0.15) is 0 Å². The van der Waals surface area contributed by atoms with E-state index >= 15 is 4.39 Å². The van der Waals surface area contributed by atoms with Gasteiger partial charge in [0.05, 0.1) is 11.1 Å². The van der Waals surface area contributed by atoms with Crippen molar-refractivity contribution in [2.45, 2.75) is 20.3 Å². The lowest BCUT2D eigenvalue weighted by Crippen LogP contribution is -2.11. The predicted octanol–water partition coefficient (Wildman–Crippen LogP) is 5.23. The molecule has 3 aromatic heterocycles. The molecule has 5 rings (SSSR count). The number of rotatable bonds is 6. The van der Waals surface area contributed by atoms with Crippen LogP contribution in [-0.2, 0) is 18.3 Å². The molecule has 190 valence electrons. The number of nitrogen functional groups attached to an aromatic ring is 1. The first-order valence-electron chi connectivity index (χ1n) is 12.0. The zero-order chi connectivity index (χ0) is 27.0. The van der Waals surface area contributed by atoms with E-state index in [9.17, 15) is 4.79 Å². The van der Waals surface area contributed by atoms with E-state index in [1.54, 1.807) is 37.4 Å². The van der Waals surface area contributed by atoms with E-state index in [4.69, 9.17) is 5.73 Å². The largest absolute Gasteiger partial charge is 0.383 e. The molecule has 3 heterocycles. The molecule has 3 N–H and O–H groups in total. The zero-order valence-corrected chi connectivity index (χ0v) is 21.3. The molecule has 1 amide bonds. The van der Waals surface area contributed by atoms with Crippen molar-refractivity contribution in [3.8, 4) is 22.4 Å². The minimum Gasteiger partial charge on any atom is -0.383 e. The minimum atomic E-state index is -0.371. The fraction of sp³-hybridized carbons (Fsp3) is 0.138. The van der Waals surface area contributed by atoms with Crippen molar-refractivity contribution in [2.75, 3.05) is 11.1 Å². The second-order valence-corrected chi connectivity index (χ2v) is 9.15. The molecule has 0 saturated heterocycles. The number of carbonyl (C=O) groups is 1. The van der Waals surface area contributed by atoms with Crippen LogP contribution in [0.25, 0.3) is 33.4 Å². The van der Waals surface area contributed by atoms with Crippen LogP contribution in [0.5, 0.6) is 0 Å². The number of nitrogens with zero attached hydrogens (tertiary/aromatic N) is 5. The summed E-state index contributed by atoms with van der Waals surface area (Å²) in [5.74, 6) is 0.232. The van der Waals surface area contributed by atoms with E-state index < -0.39 is 0 Å². The first-order chi connectivity index (χ1) is 18.2. The molecule has 0 saturated carbocycles. The normalized spacial score (nSPS) is 11.1. The van der Waals surface area contributed by atoms with Gasteiger partial charge in [0.15, 0.2) is 0 Å². The van der Waals surface area contributed by atoms with Crippen LogP contribution in [0.3, 0.4) is 0 Å². The molecule has 0 aliphatic heterocycles. The summed E-state index contributed by atoms with van der Waals surface area (Å²) in [5, 5.41) is 3.44. The van der Waals surface area contributed by atoms with Gasteiger partial charge in [-0.25, -0.2) is 24.3 Å². The molecule has 0 aliphatic carbocycles. The molecule has 0 radical (unpaired) electrons. The number of amides is 1. The highest BCUT2D eigenvalue weighted by Crippen LogP contribution is 2.42. The number of anilines is 2. The number of nitrogens with one attached hydrogen (secondary N) is 1. The Balaban J connectivity index is 1.61. The van der Waals surface area contributed by atoms with Crippen molar-refractivity contribution in [3.63, 3.8) is 0 Å². The van der Waals surface area contributed by atoms with Crippen molar-refractivity contribution in [3.05, 3.63) is 96.1 Å². The summed E-state index contributed by atoms with van der Waals surface area (Å²) >= 11 is 0. The van der Waals surface area contributed by atoms with E-state index in [-0.39, 0.29) is 18.1 Å². The van der Waals surface area contributed by atoms with E-state index in [0.717, 1.165) is 22.5 Å². The second kappa shape index (κ2) is 9.85. The Labute approximate surface area is 219 Å². The molecular weight excluding hydrogens is 481 g/mol. The minimum absolute atomic E-state index is 0.252. The number of hydrogen-bond acceptors (Lipinski definition) is 6. The number of aromatic nitrogens is 5. The summed E-state index contributed by atoms with van der Waals surface area (Å²) in [6.45, 7) is 7.19. The van der Waals surface area contributed by atoms with Gasteiger partial charge in [-0.05, 0) is 54.8 Å². The van der Waals surface area contributed by atoms with Crippen molar-refractivity contribution < 1.29 is 9.18 Å². The fourth-order valence-electron chi connectivity index (χ4n) is 4.45. The van der Waals surface area contributed by atoms with Gasteiger partial charge >= 0.3 is 0 Å². The third-order valence-electron chi connectivity index (χ3n) is 6.34. The molecular formula is C29H26FN7O. The van der Waals surface area contributed by atoms with Crippen LogP contribution < -0.4 is 11.1 Å². The number of halogens is 1. The Bertz CT molecular complexity index is 1710. The maximum absolute atomic E-state index is 15.4. The van der Waals surface area contributed by atoms with Crippen LogP contribution >= 0.6 is 0 Å². The summed E-state index contributed by atoms with van der Waals surface area (Å²) in [5.41, 5.74) is 12.3. The van der Waals surface area contributed by atoms with Crippen LogP contribution in [0.4, 0.5) is 15.9 Å². The average Bonchev–Trinajstić information content (AvgIpc) is 3.19. The highest BCUT2D eigenvalue weighted by molar-refractivity contribution is 6.08. The van der Waals surface area contributed by atoms with Gasteiger partial charge in [0.25, 0.3) is 5.91 Å². The Kier molecular flexibility index (Phi) is 6.42. The van der Waals surface area contributed by atoms with E-state index in [1.165, 1.54) is 12.4 Å². The van der Waals surface area contributed by atoms with Crippen molar-refractivity contribution >= 4 is 28.4 Å². The maximum atomic E-state index is 15.4. The Morgan fingerprint density at radius 3 is 2.50 bits per heavy atom. The molecule has 0 bridgehead atoms. The summed E-state index contributed by atoms with van der Waals surface area (Å²) < 4.78 is 17.3. The molecule has 5 aromatic rings. The van der Waals surface area contributed by atoms with Crippen molar-refractivity contribution in [1.29, 1.82) is 0 Å². The summed E-state index contributed by atoms with van der Waals surface area (Å²) in [6.07, 6.45) is 3.36. The highest BCUT2D eigenvalue weighted by atomic mass is 19.1. The SMILES string of the molecule is C=C(C)C(=O)Nc1ccc(-c2c(-c3ccc(Cc4nccc(C)n4)c(F)c3)c3c(N)ncnc3n2C)cc1. The molecule has 0 atom stereocenters. The first-order valence-corrected chi connectivity index (χ1v) is 12.0. The smallest absolute Gasteiger partial charge is 0.250 e. The van der Waals surface area contributed by atoms with Gasteiger partial charge in [0.2, 0.25) is 0 Å². The van der Waals surface area contributed by atoms with Crippen molar-refractivity contribution in [1.82, 2.24) is 24.5 Å². The van der Waals surface area contributed by atoms with Gasteiger partial charge in [0, 0.05) is 42.2 Å². The van der Waals surface area contributed by atoms with Gasteiger partial charge in [0.1, 0.15) is 29.4 Å². The second-order valence-electron chi connectivity index (χ2n) is 9.15. The number of hydrogen-bond donors (Lipinski definition) is 2. The average molecular weight is 508 g/mol.